The lowest BCUT2D eigenvalue weighted by Gasteiger charge is -2.34. The van der Waals surface area contributed by atoms with Crippen molar-refractivity contribution in [3.8, 4) is 0 Å². The van der Waals surface area contributed by atoms with Crippen LogP contribution in [0.2, 0.25) is 0 Å². The Bertz CT molecular complexity index is 806. The molecular weight excluding hydrogens is 452 g/mol. The summed E-state index contributed by atoms with van der Waals surface area (Å²) in [4.78, 5) is 11.8. The number of carbonyl (C=O) groups excluding carboxylic acids is 1. The van der Waals surface area contributed by atoms with Crippen molar-refractivity contribution >= 4 is 5.91 Å². The molecule has 8 nitrogen and oxygen atoms in total. The number of allylic oxidation sites excluding steroid dienone is 1. The molecule has 0 aromatic carbocycles. The summed E-state index contributed by atoms with van der Waals surface area (Å²) in [7, 11) is 0. The van der Waals surface area contributed by atoms with E-state index < -0.39 is 37.4 Å². The molecule has 1 amide bonds. The molecule has 2 aliphatic rings. The van der Waals surface area contributed by atoms with Gasteiger partial charge in [0.25, 0.3) is 0 Å². The number of nitrogens with zero attached hydrogens (tertiary/aromatic N) is 2. The van der Waals surface area contributed by atoms with Crippen LogP contribution in [0.5, 0.6) is 0 Å². The minimum Gasteiger partial charge on any atom is -0.425 e. The Hall–Kier alpha value is -2.19. The molecule has 2 fully saturated rings. The number of hydrogen-bond donors (Lipinski definition) is 1. The zero-order chi connectivity index (χ0) is 23.5. The molecule has 0 saturated heterocycles. The first-order valence-corrected chi connectivity index (χ1v) is 9.74. The molecule has 3 rings (SSSR count). The Morgan fingerprint density at radius 2 is 1.81 bits per heavy atom. The number of aryl methyl sites for hydroxylation is 1. The van der Waals surface area contributed by atoms with Gasteiger partial charge in [0.2, 0.25) is 17.7 Å². The lowest BCUT2D eigenvalue weighted by molar-refractivity contribution is -0.357. The molecule has 1 aromatic heterocycles. The zero-order valence-corrected chi connectivity index (χ0v) is 16.7. The highest BCUT2D eigenvalue weighted by Crippen LogP contribution is 2.47. The van der Waals surface area contributed by atoms with Crippen molar-refractivity contribution in [3.05, 3.63) is 24.1 Å². The number of carbonyl (C=O) groups is 1. The monoisotopic (exact) mass is 473 g/mol. The van der Waals surface area contributed by atoms with Crippen molar-refractivity contribution in [2.45, 2.75) is 63.0 Å². The van der Waals surface area contributed by atoms with Gasteiger partial charge in [-0.05, 0) is 18.8 Å². The summed E-state index contributed by atoms with van der Waals surface area (Å²) < 4.78 is 90.6. The summed E-state index contributed by atoms with van der Waals surface area (Å²) in [6, 6.07) is 0. The van der Waals surface area contributed by atoms with E-state index in [1.165, 1.54) is 0 Å². The molecule has 1 N–H and O–H groups in total. The Kier molecular flexibility index (Phi) is 7.45. The summed E-state index contributed by atoms with van der Waals surface area (Å²) in [5, 5.41) is 10.2. The molecule has 0 bridgehead atoms. The van der Waals surface area contributed by atoms with Gasteiger partial charge in [0.15, 0.2) is 0 Å². The minimum absolute atomic E-state index is 0.0530. The second kappa shape index (κ2) is 9.75. The van der Waals surface area contributed by atoms with Gasteiger partial charge in [-0.2, -0.15) is 0 Å². The van der Waals surface area contributed by atoms with Crippen molar-refractivity contribution in [2.24, 2.45) is 5.92 Å². The van der Waals surface area contributed by atoms with Crippen molar-refractivity contribution < 1.29 is 49.8 Å². The maximum Gasteiger partial charge on any atom is 0.522 e. The average molecular weight is 473 g/mol. The molecule has 0 spiro atoms. The fraction of sp³-hybridized carbons (Fsp3) is 0.722. The maximum atomic E-state index is 12.1. The molecule has 0 unspecified atom stereocenters. The lowest BCUT2D eigenvalue weighted by atomic mass is 9.92. The van der Waals surface area contributed by atoms with Crippen molar-refractivity contribution in [3.63, 3.8) is 0 Å². The Balaban J connectivity index is 1.28. The van der Waals surface area contributed by atoms with E-state index in [0.717, 1.165) is 0 Å². The van der Waals surface area contributed by atoms with Gasteiger partial charge >= 0.3 is 12.7 Å². The quantitative estimate of drug-likeness (QED) is 0.493. The lowest BCUT2D eigenvalue weighted by Crippen LogP contribution is -2.42. The van der Waals surface area contributed by atoms with Crippen LogP contribution in [0.1, 0.15) is 43.4 Å². The van der Waals surface area contributed by atoms with Crippen molar-refractivity contribution in [2.75, 3.05) is 13.2 Å². The Labute approximate surface area is 178 Å². The van der Waals surface area contributed by atoms with Gasteiger partial charge in [-0.15, -0.1) is 36.5 Å². The number of amides is 1. The summed E-state index contributed by atoms with van der Waals surface area (Å²) in [6.07, 6.45) is -9.71. The number of rotatable bonds is 11. The van der Waals surface area contributed by atoms with Crippen LogP contribution < -0.4 is 5.32 Å². The van der Waals surface area contributed by atoms with Crippen LogP contribution in [0.3, 0.4) is 0 Å². The Morgan fingerprint density at radius 1 is 1.09 bits per heavy atom. The second-order valence-corrected chi connectivity index (χ2v) is 7.63. The Morgan fingerprint density at radius 3 is 2.47 bits per heavy atom. The molecule has 0 aliphatic heterocycles. The van der Waals surface area contributed by atoms with E-state index in [9.17, 15) is 31.1 Å². The van der Waals surface area contributed by atoms with Gasteiger partial charge in [-0.3, -0.25) is 14.3 Å². The van der Waals surface area contributed by atoms with Crippen LogP contribution in [0.25, 0.3) is 0 Å². The fourth-order valence-corrected chi connectivity index (χ4v) is 3.14. The highest BCUT2D eigenvalue weighted by atomic mass is 19.4. The number of aromatic nitrogens is 2. The predicted octanol–water partition coefficient (Wildman–Crippen LogP) is 3.36. The summed E-state index contributed by atoms with van der Waals surface area (Å²) in [6.45, 7) is 2.89. The largest absolute Gasteiger partial charge is 0.522 e. The fourth-order valence-electron chi connectivity index (χ4n) is 3.14. The molecule has 32 heavy (non-hydrogen) atoms. The number of hydrogen-bond acceptors (Lipinski definition) is 7. The third-order valence-corrected chi connectivity index (χ3v) is 4.94. The highest BCUT2D eigenvalue weighted by Gasteiger charge is 2.45. The van der Waals surface area contributed by atoms with Gasteiger partial charge in [0, 0.05) is 30.9 Å². The van der Waals surface area contributed by atoms with E-state index in [-0.39, 0.29) is 55.9 Å². The third-order valence-electron chi connectivity index (χ3n) is 4.94. The first-order valence-electron chi connectivity index (χ1n) is 9.74. The van der Waals surface area contributed by atoms with E-state index in [4.69, 9.17) is 9.15 Å². The van der Waals surface area contributed by atoms with E-state index in [0.29, 0.717) is 12.1 Å². The summed E-state index contributed by atoms with van der Waals surface area (Å²) in [5.41, 5.74) is 0.341. The van der Waals surface area contributed by atoms with Crippen LogP contribution in [-0.2, 0) is 25.4 Å². The molecule has 180 valence electrons. The number of nitrogens with one attached hydrogen (secondary N) is 1. The minimum atomic E-state index is -4.69. The maximum absolute atomic E-state index is 12.1. The first kappa shape index (κ1) is 24.5. The van der Waals surface area contributed by atoms with E-state index in [1.54, 1.807) is 0 Å². The summed E-state index contributed by atoms with van der Waals surface area (Å²) >= 11 is 0. The topological polar surface area (TPSA) is 95.7 Å². The van der Waals surface area contributed by atoms with Crippen LogP contribution >= 0.6 is 0 Å². The molecule has 1 aromatic rings. The highest BCUT2D eigenvalue weighted by molar-refractivity contribution is 5.78. The molecule has 2 atom stereocenters. The van der Waals surface area contributed by atoms with Crippen LogP contribution in [0, 0.1) is 5.92 Å². The first-order chi connectivity index (χ1) is 14.9. The molecule has 14 heteroatoms. The molecule has 0 radical (unpaired) electrons. The number of ether oxygens (including phenoxy) is 3. The van der Waals surface area contributed by atoms with Gasteiger partial charge in [-0.1, -0.05) is 6.58 Å². The van der Waals surface area contributed by atoms with Crippen LogP contribution in [0.4, 0.5) is 26.3 Å². The van der Waals surface area contributed by atoms with Gasteiger partial charge < -0.3 is 14.5 Å². The number of halogens is 6. The average Bonchev–Trinajstić information content (AvgIpc) is 3.26. The van der Waals surface area contributed by atoms with E-state index >= 15 is 0 Å². The van der Waals surface area contributed by atoms with E-state index in [1.807, 2.05) is 0 Å². The SMILES string of the molecule is C=C(CCc1nnc([C@@H]2C[C@H]2COC(F)(F)F)o1)NC(=O)CO[C@H]1C[C@@H](OC(F)(F)F)C1. The number of alkyl halides is 6. The van der Waals surface area contributed by atoms with Gasteiger partial charge in [0.1, 0.15) is 6.61 Å². The van der Waals surface area contributed by atoms with Gasteiger partial charge in [-0.25, -0.2) is 0 Å². The predicted molar refractivity (Wildman–Crippen MR) is 92.7 cm³/mol. The van der Waals surface area contributed by atoms with Crippen LogP contribution in [0.15, 0.2) is 16.7 Å². The van der Waals surface area contributed by atoms with Crippen LogP contribution in [-0.4, -0.2) is 54.3 Å². The summed E-state index contributed by atoms with van der Waals surface area (Å²) in [5.74, 6) is -0.616. The zero-order valence-electron chi connectivity index (χ0n) is 16.7. The molecule has 2 saturated carbocycles. The molecule has 2 aliphatic carbocycles. The smallest absolute Gasteiger partial charge is 0.425 e. The molecular formula is C18H21F6N3O5. The second-order valence-electron chi connectivity index (χ2n) is 7.63. The van der Waals surface area contributed by atoms with Crippen molar-refractivity contribution in [1.29, 1.82) is 0 Å². The standard InChI is InChI=1S/C18H21F6N3O5/c1-9(25-14(28)8-29-11-5-12(6-11)32-18(22,23)24)2-3-15-26-27-16(31-15)13-4-10(13)7-30-17(19,20)21/h10-13H,1-8H2,(H,25,28)/t10-,11-,12+,13+/m0/s1. The third kappa shape index (κ3) is 8.06. The van der Waals surface area contributed by atoms with E-state index in [2.05, 4.69) is 31.6 Å². The van der Waals surface area contributed by atoms with Crippen molar-refractivity contribution in [1.82, 2.24) is 15.5 Å². The normalized spacial score (nSPS) is 25.3. The van der Waals surface area contributed by atoms with Gasteiger partial charge in [0.05, 0.1) is 18.8 Å². The molecule has 1 heterocycles.